The van der Waals surface area contributed by atoms with Crippen molar-refractivity contribution in [1.82, 2.24) is 0 Å². The van der Waals surface area contributed by atoms with Crippen LogP contribution >= 0.6 is 11.6 Å². The quantitative estimate of drug-likeness (QED) is 0.545. The molecule has 0 bridgehead atoms. The van der Waals surface area contributed by atoms with Crippen LogP contribution in [0, 0.1) is 0 Å². The maximum atomic E-state index is 11.1. The molecule has 0 saturated carbocycles. The highest BCUT2D eigenvalue weighted by Crippen LogP contribution is 2.23. The Labute approximate surface area is 137 Å². The number of hydrogen-bond acceptors (Lipinski definition) is 2. The molecule has 0 saturated heterocycles. The first kappa shape index (κ1) is 16.5. The molecule has 0 atom stereocenters. The van der Waals surface area contributed by atoms with Gasteiger partial charge in [-0.3, -0.25) is 4.79 Å². The number of rotatable bonds is 6. The molecule has 0 aromatic heterocycles. The summed E-state index contributed by atoms with van der Waals surface area (Å²) >= 11 is 5.45. The Bertz CT molecular complexity index is 660. The molecule has 0 amide bonds. The molecule has 0 unspecified atom stereocenters. The SMILES string of the molecule is C=C[Si](C)(C)COc1ccc(-c2ccc(C(=O)Cl)cc2)cc1. The lowest BCUT2D eigenvalue weighted by atomic mass is 10.0. The van der Waals surface area contributed by atoms with Crippen molar-refractivity contribution in [1.29, 1.82) is 0 Å². The zero-order chi connectivity index (χ0) is 16.2. The van der Waals surface area contributed by atoms with E-state index in [0.29, 0.717) is 5.56 Å². The molecule has 0 radical (unpaired) electrons. The first-order valence-corrected chi connectivity index (χ1v) is 10.7. The van der Waals surface area contributed by atoms with E-state index in [4.69, 9.17) is 16.3 Å². The molecular formula is C18H19ClO2Si. The highest BCUT2D eigenvalue weighted by Gasteiger charge is 2.16. The van der Waals surface area contributed by atoms with Crippen LogP contribution in [0.2, 0.25) is 13.1 Å². The average molecular weight is 331 g/mol. The summed E-state index contributed by atoms with van der Waals surface area (Å²) in [4.78, 5) is 11.1. The highest BCUT2D eigenvalue weighted by atomic mass is 35.5. The largest absolute Gasteiger partial charge is 0.497 e. The van der Waals surface area contributed by atoms with Crippen molar-refractivity contribution in [2.24, 2.45) is 0 Å². The van der Waals surface area contributed by atoms with Gasteiger partial charge in [0.1, 0.15) is 13.8 Å². The van der Waals surface area contributed by atoms with Crippen LogP contribution in [-0.4, -0.2) is 19.5 Å². The fourth-order valence-corrected chi connectivity index (χ4v) is 2.65. The van der Waals surface area contributed by atoms with Crippen molar-refractivity contribution in [3.05, 3.63) is 66.4 Å². The third-order valence-corrected chi connectivity index (χ3v) is 5.67. The minimum atomic E-state index is -1.46. The zero-order valence-electron chi connectivity index (χ0n) is 12.8. The molecule has 0 aliphatic heterocycles. The van der Waals surface area contributed by atoms with E-state index in [-0.39, 0.29) is 0 Å². The summed E-state index contributed by atoms with van der Waals surface area (Å²) in [5.41, 5.74) is 4.64. The van der Waals surface area contributed by atoms with Gasteiger partial charge in [-0.25, -0.2) is 0 Å². The molecule has 2 nitrogen and oxygen atoms in total. The van der Waals surface area contributed by atoms with E-state index in [1.165, 1.54) is 0 Å². The van der Waals surface area contributed by atoms with Crippen molar-refractivity contribution in [2.75, 3.05) is 6.23 Å². The number of halogens is 1. The van der Waals surface area contributed by atoms with Gasteiger partial charge < -0.3 is 4.74 Å². The molecule has 4 heteroatoms. The Morgan fingerprint density at radius 1 is 1.09 bits per heavy atom. The maximum Gasteiger partial charge on any atom is 0.252 e. The Hall–Kier alpha value is -1.84. The van der Waals surface area contributed by atoms with Gasteiger partial charge in [0, 0.05) is 5.56 Å². The molecule has 2 aromatic rings. The van der Waals surface area contributed by atoms with Crippen LogP contribution in [0.5, 0.6) is 5.75 Å². The lowest BCUT2D eigenvalue weighted by Gasteiger charge is -2.17. The first-order chi connectivity index (χ1) is 10.4. The lowest BCUT2D eigenvalue weighted by Crippen LogP contribution is -2.31. The molecule has 0 N–H and O–H groups in total. The van der Waals surface area contributed by atoms with Gasteiger partial charge >= 0.3 is 0 Å². The number of carbonyl (C=O) groups is 1. The van der Waals surface area contributed by atoms with Gasteiger partial charge in [-0.15, -0.1) is 6.58 Å². The number of ether oxygens (including phenoxy) is 1. The minimum absolute atomic E-state index is 0.440. The molecule has 22 heavy (non-hydrogen) atoms. The Morgan fingerprint density at radius 3 is 2.05 bits per heavy atom. The summed E-state index contributed by atoms with van der Waals surface area (Å²) < 4.78 is 5.83. The van der Waals surface area contributed by atoms with Crippen molar-refractivity contribution >= 4 is 24.9 Å². The van der Waals surface area contributed by atoms with Gasteiger partial charge in [-0.1, -0.05) is 43.1 Å². The normalized spacial score (nSPS) is 11.0. The fraction of sp³-hybridized carbons (Fsp3) is 0.167. The number of benzene rings is 2. The zero-order valence-corrected chi connectivity index (χ0v) is 14.6. The average Bonchev–Trinajstić information content (AvgIpc) is 2.54. The van der Waals surface area contributed by atoms with E-state index in [9.17, 15) is 4.79 Å². The standard InChI is InChI=1S/C18H19ClO2Si/c1-4-22(2,3)13-21-17-11-9-15(10-12-17)14-5-7-16(8-6-14)18(19)20/h4-12H,1,13H2,2-3H3. The van der Waals surface area contributed by atoms with E-state index in [1.807, 2.05) is 42.1 Å². The summed E-state index contributed by atoms with van der Waals surface area (Å²) in [6, 6.07) is 15.2. The van der Waals surface area contributed by atoms with Crippen LogP contribution in [0.3, 0.4) is 0 Å². The molecule has 0 spiro atoms. The summed E-state index contributed by atoms with van der Waals surface area (Å²) in [5.74, 6) is 0.860. The summed E-state index contributed by atoms with van der Waals surface area (Å²) in [6.07, 6.45) is 0.725. The van der Waals surface area contributed by atoms with E-state index in [0.717, 1.165) is 23.1 Å². The smallest absolute Gasteiger partial charge is 0.252 e. The van der Waals surface area contributed by atoms with Crippen LogP contribution in [0.1, 0.15) is 10.4 Å². The molecule has 0 heterocycles. The molecule has 0 fully saturated rings. The van der Waals surface area contributed by atoms with E-state index < -0.39 is 13.3 Å². The van der Waals surface area contributed by atoms with Crippen LogP contribution in [0.25, 0.3) is 11.1 Å². The fourth-order valence-electron chi connectivity index (χ4n) is 1.87. The predicted molar refractivity (Wildman–Crippen MR) is 95.2 cm³/mol. The van der Waals surface area contributed by atoms with E-state index >= 15 is 0 Å². The van der Waals surface area contributed by atoms with Crippen LogP contribution in [0.15, 0.2) is 60.8 Å². The Balaban J connectivity index is 2.08. The Morgan fingerprint density at radius 2 is 1.59 bits per heavy atom. The highest BCUT2D eigenvalue weighted by molar-refractivity contribution is 6.82. The van der Waals surface area contributed by atoms with E-state index in [2.05, 4.69) is 19.7 Å². The molecule has 2 rings (SSSR count). The van der Waals surface area contributed by atoms with Gasteiger partial charge in [-0.05, 0) is 47.0 Å². The minimum Gasteiger partial charge on any atom is -0.497 e. The molecule has 114 valence electrons. The van der Waals surface area contributed by atoms with Crippen molar-refractivity contribution in [3.8, 4) is 16.9 Å². The van der Waals surface area contributed by atoms with E-state index in [1.54, 1.807) is 12.1 Å². The Kier molecular flexibility index (Phi) is 5.22. The van der Waals surface area contributed by atoms with Crippen LogP contribution < -0.4 is 4.74 Å². The molecule has 0 aliphatic rings. The van der Waals surface area contributed by atoms with Crippen LogP contribution in [0.4, 0.5) is 0 Å². The van der Waals surface area contributed by atoms with Gasteiger partial charge in [0.05, 0.1) is 6.23 Å². The maximum absolute atomic E-state index is 11.1. The summed E-state index contributed by atoms with van der Waals surface area (Å²) in [5, 5.41) is -0.440. The number of carbonyl (C=O) groups excluding carboxylic acids is 1. The second-order valence-electron chi connectivity index (χ2n) is 5.86. The van der Waals surface area contributed by atoms with Gasteiger partial charge in [0.25, 0.3) is 5.24 Å². The summed E-state index contributed by atoms with van der Waals surface area (Å²) in [6.45, 7) is 8.30. The lowest BCUT2D eigenvalue weighted by molar-refractivity contribution is 0.108. The van der Waals surface area contributed by atoms with Crippen molar-refractivity contribution < 1.29 is 9.53 Å². The monoisotopic (exact) mass is 330 g/mol. The first-order valence-electron chi connectivity index (χ1n) is 7.08. The molecule has 0 aliphatic carbocycles. The van der Waals surface area contributed by atoms with Crippen molar-refractivity contribution in [3.63, 3.8) is 0 Å². The summed E-state index contributed by atoms with van der Waals surface area (Å²) in [7, 11) is -1.46. The van der Waals surface area contributed by atoms with Crippen LogP contribution in [-0.2, 0) is 0 Å². The third-order valence-electron chi connectivity index (χ3n) is 3.46. The predicted octanol–water partition coefficient (Wildman–Crippen LogP) is 5.08. The second kappa shape index (κ2) is 6.94. The topological polar surface area (TPSA) is 26.3 Å². The van der Waals surface area contributed by atoms with Gasteiger partial charge in [0.15, 0.2) is 0 Å². The van der Waals surface area contributed by atoms with Crippen molar-refractivity contribution in [2.45, 2.75) is 13.1 Å². The third kappa shape index (κ3) is 4.32. The second-order valence-corrected chi connectivity index (χ2v) is 10.9. The molecule has 2 aromatic carbocycles. The van der Waals surface area contributed by atoms with Gasteiger partial charge in [-0.2, -0.15) is 0 Å². The van der Waals surface area contributed by atoms with Gasteiger partial charge in [0.2, 0.25) is 0 Å². The molecular weight excluding hydrogens is 312 g/mol. The number of hydrogen-bond donors (Lipinski definition) is 0.